The fourth-order valence-corrected chi connectivity index (χ4v) is 2.79. The standard InChI is InChI=1S/C17H24FNO3/c1-13(22-15-7-5-14(18)6-8-15)12-19-16(20)11-17(21)9-3-2-4-10-17/h5-8,13,21H,2-4,9-12H2,1H3,(H,19,20). The van der Waals surface area contributed by atoms with Crippen molar-refractivity contribution in [2.24, 2.45) is 0 Å². The van der Waals surface area contributed by atoms with Crippen molar-refractivity contribution in [3.8, 4) is 5.75 Å². The summed E-state index contributed by atoms with van der Waals surface area (Å²) in [4.78, 5) is 11.9. The van der Waals surface area contributed by atoms with E-state index in [0.29, 0.717) is 25.1 Å². The topological polar surface area (TPSA) is 58.6 Å². The maximum atomic E-state index is 12.8. The molecule has 0 spiro atoms. The van der Waals surface area contributed by atoms with Crippen LogP contribution in [0.15, 0.2) is 24.3 Å². The van der Waals surface area contributed by atoms with Crippen LogP contribution >= 0.6 is 0 Å². The second-order valence-electron chi connectivity index (χ2n) is 6.15. The third-order valence-electron chi connectivity index (χ3n) is 4.01. The molecular weight excluding hydrogens is 285 g/mol. The molecule has 1 aliphatic carbocycles. The van der Waals surface area contributed by atoms with Crippen molar-refractivity contribution in [3.05, 3.63) is 30.1 Å². The third kappa shape index (κ3) is 5.30. The lowest BCUT2D eigenvalue weighted by molar-refractivity contribution is -0.127. The average Bonchev–Trinajstić information content (AvgIpc) is 2.48. The van der Waals surface area contributed by atoms with E-state index in [2.05, 4.69) is 5.32 Å². The molecule has 1 amide bonds. The van der Waals surface area contributed by atoms with Crippen LogP contribution in [0.1, 0.15) is 45.4 Å². The van der Waals surface area contributed by atoms with Crippen molar-refractivity contribution in [1.82, 2.24) is 5.32 Å². The molecule has 1 unspecified atom stereocenters. The highest BCUT2D eigenvalue weighted by Crippen LogP contribution is 2.30. The van der Waals surface area contributed by atoms with Crippen LogP contribution in [0.3, 0.4) is 0 Å². The first-order valence-corrected chi connectivity index (χ1v) is 7.88. The summed E-state index contributed by atoms with van der Waals surface area (Å²) >= 11 is 0. The Morgan fingerprint density at radius 2 is 1.95 bits per heavy atom. The molecule has 1 saturated carbocycles. The molecule has 2 rings (SSSR count). The predicted octanol–water partition coefficient (Wildman–Crippen LogP) is 2.79. The minimum atomic E-state index is -0.844. The predicted molar refractivity (Wildman–Crippen MR) is 82.2 cm³/mol. The smallest absolute Gasteiger partial charge is 0.223 e. The summed E-state index contributed by atoms with van der Waals surface area (Å²) in [6.07, 6.45) is 4.41. The summed E-state index contributed by atoms with van der Waals surface area (Å²) in [6, 6.07) is 5.77. The summed E-state index contributed by atoms with van der Waals surface area (Å²) in [5.41, 5.74) is -0.844. The number of hydrogen-bond donors (Lipinski definition) is 2. The Balaban J connectivity index is 1.72. The van der Waals surface area contributed by atoms with Gasteiger partial charge in [-0.25, -0.2) is 4.39 Å². The van der Waals surface area contributed by atoms with Gasteiger partial charge in [-0.1, -0.05) is 19.3 Å². The Bertz CT molecular complexity index is 483. The van der Waals surface area contributed by atoms with Crippen molar-refractivity contribution in [2.75, 3.05) is 6.54 Å². The van der Waals surface area contributed by atoms with Gasteiger partial charge in [0.05, 0.1) is 18.6 Å². The van der Waals surface area contributed by atoms with Gasteiger partial charge in [-0.2, -0.15) is 0 Å². The molecule has 122 valence electrons. The molecular formula is C17H24FNO3. The Kier molecular flexibility index (Phi) is 5.77. The van der Waals surface area contributed by atoms with E-state index < -0.39 is 5.60 Å². The molecule has 1 aliphatic rings. The Morgan fingerprint density at radius 1 is 1.32 bits per heavy atom. The number of carbonyl (C=O) groups excluding carboxylic acids is 1. The summed E-state index contributed by atoms with van der Waals surface area (Å²) in [5, 5.41) is 13.1. The van der Waals surface area contributed by atoms with E-state index in [4.69, 9.17) is 4.74 Å². The number of aliphatic hydroxyl groups is 1. The molecule has 0 saturated heterocycles. The van der Waals surface area contributed by atoms with Crippen molar-refractivity contribution in [2.45, 2.75) is 57.2 Å². The summed E-state index contributed by atoms with van der Waals surface area (Å²) in [6.45, 7) is 2.19. The molecule has 2 N–H and O–H groups in total. The molecule has 1 aromatic carbocycles. The third-order valence-corrected chi connectivity index (χ3v) is 4.01. The first-order valence-electron chi connectivity index (χ1n) is 7.88. The summed E-state index contributed by atoms with van der Waals surface area (Å²) in [5.74, 6) is 0.0991. The maximum Gasteiger partial charge on any atom is 0.223 e. The second kappa shape index (κ2) is 7.58. The zero-order valence-corrected chi connectivity index (χ0v) is 13.0. The lowest BCUT2D eigenvalue weighted by Crippen LogP contribution is -2.41. The van der Waals surface area contributed by atoms with Gasteiger partial charge >= 0.3 is 0 Å². The van der Waals surface area contributed by atoms with Crippen LogP contribution < -0.4 is 10.1 Å². The number of rotatable bonds is 6. The fraction of sp³-hybridized carbons (Fsp3) is 0.588. The number of nitrogens with one attached hydrogen (secondary N) is 1. The minimum Gasteiger partial charge on any atom is -0.489 e. The fourth-order valence-electron chi connectivity index (χ4n) is 2.79. The molecule has 0 heterocycles. The second-order valence-corrected chi connectivity index (χ2v) is 6.15. The SMILES string of the molecule is CC(CNC(=O)CC1(O)CCCCC1)Oc1ccc(F)cc1. The molecule has 0 bridgehead atoms. The zero-order chi connectivity index (χ0) is 16.0. The number of carbonyl (C=O) groups is 1. The molecule has 1 atom stereocenters. The largest absolute Gasteiger partial charge is 0.489 e. The molecule has 22 heavy (non-hydrogen) atoms. The molecule has 0 radical (unpaired) electrons. The van der Waals surface area contributed by atoms with Crippen molar-refractivity contribution in [1.29, 1.82) is 0 Å². The molecule has 4 nitrogen and oxygen atoms in total. The van der Waals surface area contributed by atoms with Gasteiger partial charge in [-0.05, 0) is 44.0 Å². The van der Waals surface area contributed by atoms with Gasteiger partial charge < -0.3 is 15.2 Å². The summed E-state index contributed by atoms with van der Waals surface area (Å²) in [7, 11) is 0. The van der Waals surface area contributed by atoms with Gasteiger partial charge in [0.25, 0.3) is 0 Å². The van der Waals surface area contributed by atoms with Crippen LogP contribution in [0.25, 0.3) is 0 Å². The van der Waals surface area contributed by atoms with Crippen molar-refractivity contribution >= 4 is 5.91 Å². The first-order chi connectivity index (χ1) is 10.5. The molecule has 1 fully saturated rings. The zero-order valence-electron chi connectivity index (χ0n) is 13.0. The van der Waals surface area contributed by atoms with Crippen LogP contribution in [-0.2, 0) is 4.79 Å². The quantitative estimate of drug-likeness (QED) is 0.849. The lowest BCUT2D eigenvalue weighted by atomic mass is 9.82. The van der Waals surface area contributed by atoms with Gasteiger partial charge in [0.1, 0.15) is 17.7 Å². The van der Waals surface area contributed by atoms with Gasteiger partial charge in [-0.15, -0.1) is 0 Å². The maximum absolute atomic E-state index is 12.8. The number of hydrogen-bond acceptors (Lipinski definition) is 3. The minimum absolute atomic E-state index is 0.149. The van der Waals surface area contributed by atoms with Crippen LogP contribution in [0, 0.1) is 5.82 Å². The van der Waals surface area contributed by atoms with Gasteiger partial charge in [0, 0.05) is 0 Å². The highest BCUT2D eigenvalue weighted by Gasteiger charge is 2.31. The highest BCUT2D eigenvalue weighted by molar-refractivity contribution is 5.77. The van der Waals surface area contributed by atoms with Crippen LogP contribution in [0.4, 0.5) is 4.39 Å². The number of benzene rings is 1. The van der Waals surface area contributed by atoms with E-state index in [1.165, 1.54) is 12.1 Å². The molecule has 0 aliphatic heterocycles. The van der Waals surface area contributed by atoms with Crippen LogP contribution in [-0.4, -0.2) is 29.3 Å². The van der Waals surface area contributed by atoms with E-state index >= 15 is 0 Å². The number of amides is 1. The normalized spacial score (nSPS) is 18.5. The lowest BCUT2D eigenvalue weighted by Gasteiger charge is -2.31. The van der Waals surface area contributed by atoms with Crippen LogP contribution in [0.2, 0.25) is 0 Å². The number of ether oxygens (including phenoxy) is 1. The first kappa shape index (κ1) is 16.7. The van der Waals surface area contributed by atoms with E-state index in [1.807, 2.05) is 6.92 Å². The van der Waals surface area contributed by atoms with Gasteiger partial charge in [0.2, 0.25) is 5.91 Å². The van der Waals surface area contributed by atoms with Crippen molar-refractivity contribution in [3.63, 3.8) is 0 Å². The van der Waals surface area contributed by atoms with E-state index in [9.17, 15) is 14.3 Å². The molecule has 0 aromatic heterocycles. The van der Waals surface area contributed by atoms with Crippen LogP contribution in [0.5, 0.6) is 5.75 Å². The average molecular weight is 309 g/mol. The Hall–Kier alpha value is -1.62. The van der Waals surface area contributed by atoms with Crippen molar-refractivity contribution < 1.29 is 19.0 Å². The highest BCUT2D eigenvalue weighted by atomic mass is 19.1. The van der Waals surface area contributed by atoms with E-state index in [1.54, 1.807) is 12.1 Å². The Morgan fingerprint density at radius 3 is 2.59 bits per heavy atom. The number of halogens is 1. The molecule has 5 heteroatoms. The molecule has 1 aromatic rings. The Labute approximate surface area is 130 Å². The van der Waals surface area contributed by atoms with E-state index in [-0.39, 0.29) is 24.2 Å². The van der Waals surface area contributed by atoms with Gasteiger partial charge in [-0.3, -0.25) is 4.79 Å². The van der Waals surface area contributed by atoms with Gasteiger partial charge in [0.15, 0.2) is 0 Å². The monoisotopic (exact) mass is 309 g/mol. The van der Waals surface area contributed by atoms with E-state index in [0.717, 1.165) is 19.3 Å². The summed E-state index contributed by atoms with van der Waals surface area (Å²) < 4.78 is 18.4.